The van der Waals surface area contributed by atoms with Gasteiger partial charge in [0.1, 0.15) is 5.41 Å². The Morgan fingerprint density at radius 3 is 2.29 bits per heavy atom. The van der Waals surface area contributed by atoms with Crippen molar-refractivity contribution in [2.45, 2.75) is 58.3 Å². The van der Waals surface area contributed by atoms with E-state index in [2.05, 4.69) is 0 Å². The zero-order valence-electron chi connectivity index (χ0n) is 16.0. The van der Waals surface area contributed by atoms with E-state index in [4.69, 9.17) is 9.47 Å². The van der Waals surface area contributed by atoms with Crippen LogP contribution in [0.3, 0.4) is 0 Å². The Hall–Kier alpha value is -2.24. The molecule has 2 saturated carbocycles. The van der Waals surface area contributed by atoms with Crippen molar-refractivity contribution < 1.29 is 28.7 Å². The van der Waals surface area contributed by atoms with Gasteiger partial charge in [-0.15, -0.1) is 0 Å². The molecule has 5 atom stereocenters. The van der Waals surface area contributed by atoms with Gasteiger partial charge in [0.05, 0.1) is 5.57 Å². The van der Waals surface area contributed by atoms with E-state index in [-0.39, 0.29) is 23.8 Å². The third-order valence-corrected chi connectivity index (χ3v) is 7.72. The Morgan fingerprint density at radius 1 is 0.857 bits per heavy atom. The first kappa shape index (κ1) is 17.8. The summed E-state index contributed by atoms with van der Waals surface area (Å²) in [7, 11) is 0. The summed E-state index contributed by atoms with van der Waals surface area (Å²) in [5.41, 5.74) is -0.240. The molecule has 0 bridgehead atoms. The normalized spacial score (nSPS) is 42.1. The van der Waals surface area contributed by atoms with Gasteiger partial charge in [0.2, 0.25) is 0 Å². The standard InChI is InChI=1S/C22H24O6/c1-22-10-16-15(18(23)27-19(16)24)8-13-6-11-4-2-3-5-12(11)7-14(13)9-17(22)20(25)28-21(22)26/h9,11-14H,2-8,10H2,1H3/b17-9-/t11-,12-,13-,14-,22-/m1/s1. The van der Waals surface area contributed by atoms with E-state index >= 15 is 0 Å². The molecule has 3 aliphatic carbocycles. The van der Waals surface area contributed by atoms with E-state index in [1.54, 1.807) is 6.92 Å². The number of hydrogen-bond donors (Lipinski definition) is 0. The van der Waals surface area contributed by atoms with Gasteiger partial charge in [-0.05, 0) is 49.9 Å². The molecule has 2 aliphatic heterocycles. The van der Waals surface area contributed by atoms with E-state index in [1.807, 2.05) is 6.08 Å². The van der Waals surface area contributed by atoms with E-state index in [9.17, 15) is 19.2 Å². The fourth-order valence-electron chi connectivity index (χ4n) is 6.12. The molecule has 6 nitrogen and oxygen atoms in total. The molecular weight excluding hydrogens is 360 g/mol. The van der Waals surface area contributed by atoms with Gasteiger partial charge in [-0.25, -0.2) is 14.4 Å². The lowest BCUT2D eigenvalue weighted by atomic mass is 9.62. The first-order valence-electron chi connectivity index (χ1n) is 10.3. The largest absolute Gasteiger partial charge is 0.389 e. The third kappa shape index (κ3) is 2.53. The van der Waals surface area contributed by atoms with E-state index in [1.165, 1.54) is 25.7 Å². The second kappa shape index (κ2) is 6.13. The minimum absolute atomic E-state index is 0.0182. The molecule has 0 aromatic rings. The highest BCUT2D eigenvalue weighted by Gasteiger charge is 2.54. The molecule has 0 aromatic carbocycles. The van der Waals surface area contributed by atoms with Crippen molar-refractivity contribution in [3.63, 3.8) is 0 Å². The van der Waals surface area contributed by atoms with Crippen LogP contribution in [-0.2, 0) is 28.7 Å². The maximum Gasteiger partial charge on any atom is 0.342 e. The molecule has 5 rings (SSSR count). The molecule has 0 unspecified atom stereocenters. The summed E-state index contributed by atoms with van der Waals surface area (Å²) in [6.45, 7) is 1.64. The van der Waals surface area contributed by atoms with Gasteiger partial charge in [0.25, 0.3) is 0 Å². The van der Waals surface area contributed by atoms with Gasteiger partial charge < -0.3 is 9.47 Å². The summed E-state index contributed by atoms with van der Waals surface area (Å²) in [5.74, 6) is -1.01. The van der Waals surface area contributed by atoms with Gasteiger partial charge in [-0.2, -0.15) is 0 Å². The Balaban J connectivity index is 1.62. The summed E-state index contributed by atoms with van der Waals surface area (Å²) in [6, 6.07) is 0. The average molecular weight is 384 g/mol. The Bertz CT molecular complexity index is 864. The first-order valence-corrected chi connectivity index (χ1v) is 10.3. The molecule has 0 N–H and O–H groups in total. The Kier molecular flexibility index (Phi) is 3.90. The monoisotopic (exact) mass is 384 g/mol. The van der Waals surface area contributed by atoms with E-state index in [0.717, 1.165) is 12.8 Å². The lowest BCUT2D eigenvalue weighted by molar-refractivity contribution is -0.154. The minimum atomic E-state index is -1.24. The van der Waals surface area contributed by atoms with Gasteiger partial charge in [0.15, 0.2) is 0 Å². The van der Waals surface area contributed by atoms with Crippen LogP contribution in [0.4, 0.5) is 0 Å². The zero-order chi connectivity index (χ0) is 19.6. The molecule has 1 saturated heterocycles. The average Bonchev–Trinajstić information content (AvgIpc) is 3.04. The highest BCUT2D eigenvalue weighted by molar-refractivity contribution is 6.14. The number of carbonyl (C=O) groups is 4. The summed E-state index contributed by atoms with van der Waals surface area (Å²) in [6.07, 6.45) is 9.24. The van der Waals surface area contributed by atoms with Crippen LogP contribution < -0.4 is 0 Å². The Labute approximate surface area is 163 Å². The van der Waals surface area contributed by atoms with Crippen LogP contribution in [0.2, 0.25) is 0 Å². The van der Waals surface area contributed by atoms with Crippen molar-refractivity contribution in [2.24, 2.45) is 29.1 Å². The van der Waals surface area contributed by atoms with Crippen molar-refractivity contribution >= 4 is 23.9 Å². The predicted molar refractivity (Wildman–Crippen MR) is 96.3 cm³/mol. The SMILES string of the molecule is C[C@@]12CC3=C(C[C@H]4C[C@H]5CCCC[C@@H]5C[C@@H]4/C=C\1C(=O)OC2=O)C(=O)OC3=O. The van der Waals surface area contributed by atoms with Crippen molar-refractivity contribution in [2.75, 3.05) is 0 Å². The molecule has 0 spiro atoms. The number of allylic oxidation sites excluding steroid dienone is 1. The van der Waals surface area contributed by atoms with Gasteiger partial charge in [-0.1, -0.05) is 31.8 Å². The minimum Gasteiger partial charge on any atom is -0.389 e. The van der Waals surface area contributed by atoms with E-state index < -0.39 is 29.3 Å². The first-order chi connectivity index (χ1) is 13.4. The van der Waals surface area contributed by atoms with Crippen LogP contribution in [0, 0.1) is 29.1 Å². The number of ether oxygens (including phenoxy) is 2. The van der Waals surface area contributed by atoms with Crippen LogP contribution >= 0.6 is 0 Å². The van der Waals surface area contributed by atoms with Crippen LogP contribution in [0.1, 0.15) is 58.3 Å². The highest BCUT2D eigenvalue weighted by atomic mass is 16.6. The fourth-order valence-corrected chi connectivity index (χ4v) is 6.12. The van der Waals surface area contributed by atoms with Crippen LogP contribution in [-0.4, -0.2) is 23.9 Å². The summed E-state index contributed by atoms with van der Waals surface area (Å²) >= 11 is 0. The van der Waals surface area contributed by atoms with Crippen LogP contribution in [0.5, 0.6) is 0 Å². The smallest absolute Gasteiger partial charge is 0.342 e. The molecule has 0 aromatic heterocycles. The van der Waals surface area contributed by atoms with Gasteiger partial charge in [0, 0.05) is 17.6 Å². The molecule has 28 heavy (non-hydrogen) atoms. The topological polar surface area (TPSA) is 86.7 Å². The van der Waals surface area contributed by atoms with Crippen molar-refractivity contribution in [1.29, 1.82) is 0 Å². The summed E-state index contributed by atoms with van der Waals surface area (Å²) in [4.78, 5) is 49.8. The quantitative estimate of drug-likeness (QED) is 0.471. The maximum atomic E-state index is 12.5. The van der Waals surface area contributed by atoms with Crippen molar-refractivity contribution in [1.82, 2.24) is 0 Å². The number of fused-ring (bicyclic) bond motifs is 3. The molecule has 2 heterocycles. The highest BCUT2D eigenvalue weighted by Crippen LogP contribution is 2.52. The molecule has 0 radical (unpaired) electrons. The van der Waals surface area contributed by atoms with Gasteiger partial charge in [-0.3, -0.25) is 4.79 Å². The molecule has 3 fully saturated rings. The van der Waals surface area contributed by atoms with E-state index in [0.29, 0.717) is 29.4 Å². The molecule has 6 heteroatoms. The number of rotatable bonds is 0. The number of esters is 4. The third-order valence-electron chi connectivity index (χ3n) is 7.72. The summed E-state index contributed by atoms with van der Waals surface area (Å²) < 4.78 is 9.85. The van der Waals surface area contributed by atoms with Crippen molar-refractivity contribution in [3.8, 4) is 0 Å². The van der Waals surface area contributed by atoms with Crippen LogP contribution in [0.15, 0.2) is 22.8 Å². The van der Waals surface area contributed by atoms with Crippen LogP contribution in [0.25, 0.3) is 0 Å². The Morgan fingerprint density at radius 2 is 1.54 bits per heavy atom. The van der Waals surface area contributed by atoms with Crippen molar-refractivity contribution in [3.05, 3.63) is 22.8 Å². The summed E-state index contributed by atoms with van der Waals surface area (Å²) in [5, 5.41) is 0. The number of carbonyl (C=O) groups excluding carboxylic acids is 4. The molecule has 0 amide bonds. The lowest BCUT2D eigenvalue weighted by Crippen LogP contribution is -2.34. The maximum absolute atomic E-state index is 12.5. The second-order valence-corrected chi connectivity index (χ2v) is 9.30. The van der Waals surface area contributed by atoms with Gasteiger partial charge >= 0.3 is 23.9 Å². The second-order valence-electron chi connectivity index (χ2n) is 9.30. The predicted octanol–water partition coefficient (Wildman–Crippen LogP) is 3.01. The fraction of sp³-hybridized carbons (Fsp3) is 0.636. The molecule has 5 aliphatic rings. The molecular formula is C22H24O6. The number of hydrogen-bond acceptors (Lipinski definition) is 6. The zero-order valence-corrected chi connectivity index (χ0v) is 16.0. The number of cyclic esters (lactones) is 4. The molecule has 148 valence electrons. The lowest BCUT2D eigenvalue weighted by Gasteiger charge is -2.43.